The number of halogens is 1. The summed E-state index contributed by atoms with van der Waals surface area (Å²) in [6, 6.07) is 15.3. The summed E-state index contributed by atoms with van der Waals surface area (Å²) in [5.41, 5.74) is 1.98. The molecule has 1 heterocycles. The van der Waals surface area contributed by atoms with Gasteiger partial charge in [0.1, 0.15) is 18.2 Å². The Morgan fingerprint density at radius 2 is 1.86 bits per heavy atom. The van der Waals surface area contributed by atoms with E-state index in [2.05, 4.69) is 9.55 Å². The minimum atomic E-state index is 0.150. The highest BCUT2D eigenvalue weighted by molar-refractivity contribution is 6.32. The van der Waals surface area contributed by atoms with Crippen LogP contribution < -0.4 is 4.74 Å². The van der Waals surface area contributed by atoms with Crippen molar-refractivity contribution in [1.82, 2.24) is 9.55 Å². The zero-order valence-corrected chi connectivity index (χ0v) is 12.8. The zero-order valence-electron chi connectivity index (χ0n) is 12.1. The maximum Gasteiger partial charge on any atom is 0.148 e. The average Bonchev–Trinajstić information content (AvgIpc) is 2.90. The number of aliphatic hydroxyl groups is 1. The average molecular weight is 317 g/mol. The van der Waals surface area contributed by atoms with Crippen LogP contribution in [0.2, 0.25) is 5.02 Å². The third kappa shape index (κ3) is 3.08. The summed E-state index contributed by atoms with van der Waals surface area (Å²) < 4.78 is 7.88. The minimum Gasteiger partial charge on any atom is -0.484 e. The molecule has 0 radical (unpaired) electrons. The molecule has 0 atom stereocenters. The van der Waals surface area contributed by atoms with E-state index < -0.39 is 0 Å². The van der Waals surface area contributed by atoms with Gasteiger partial charge < -0.3 is 14.4 Å². The first-order chi connectivity index (χ1) is 10.8. The van der Waals surface area contributed by atoms with Crippen LogP contribution in [0.3, 0.4) is 0 Å². The summed E-state index contributed by atoms with van der Waals surface area (Å²) >= 11 is 6.11. The highest BCUT2D eigenvalue weighted by Crippen LogP contribution is 2.25. The Labute approximate surface area is 133 Å². The topological polar surface area (TPSA) is 47.3 Å². The van der Waals surface area contributed by atoms with Gasteiger partial charge in [-0.3, -0.25) is 0 Å². The number of ether oxygens (including phenoxy) is 1. The lowest BCUT2D eigenvalue weighted by Gasteiger charge is -2.10. The Morgan fingerprint density at radius 1 is 1.09 bits per heavy atom. The van der Waals surface area contributed by atoms with Crippen LogP contribution in [-0.2, 0) is 13.2 Å². The SMILES string of the molecule is OCCCn1c(COc2ccccc2Cl)nc2ccccc21. The maximum atomic E-state index is 9.09. The molecule has 0 aliphatic rings. The number of rotatable bonds is 6. The van der Waals surface area contributed by atoms with Crippen LogP contribution in [-0.4, -0.2) is 21.3 Å². The number of imidazole rings is 1. The summed E-state index contributed by atoms with van der Waals surface area (Å²) in [4.78, 5) is 4.62. The van der Waals surface area contributed by atoms with E-state index in [1.807, 2.05) is 42.5 Å². The van der Waals surface area contributed by atoms with Gasteiger partial charge in [0.2, 0.25) is 0 Å². The number of nitrogens with zero attached hydrogens (tertiary/aromatic N) is 2. The van der Waals surface area contributed by atoms with Crippen molar-refractivity contribution in [2.75, 3.05) is 6.61 Å². The van der Waals surface area contributed by atoms with Gasteiger partial charge in [0.05, 0.1) is 16.1 Å². The maximum absolute atomic E-state index is 9.09. The first kappa shape index (κ1) is 14.9. The van der Waals surface area contributed by atoms with E-state index in [0.717, 1.165) is 16.9 Å². The fourth-order valence-corrected chi connectivity index (χ4v) is 2.61. The molecule has 0 unspecified atom stereocenters. The van der Waals surface area contributed by atoms with Gasteiger partial charge in [0.15, 0.2) is 0 Å². The molecule has 1 N–H and O–H groups in total. The molecule has 3 rings (SSSR count). The second-order valence-electron chi connectivity index (χ2n) is 4.96. The molecule has 3 aromatic rings. The second-order valence-corrected chi connectivity index (χ2v) is 5.37. The van der Waals surface area contributed by atoms with Crippen molar-refractivity contribution < 1.29 is 9.84 Å². The number of hydrogen-bond donors (Lipinski definition) is 1. The standard InChI is InChI=1S/C17H17ClN2O2/c18-13-6-1-4-9-16(13)22-12-17-19-14-7-2-3-8-15(14)20(17)10-5-11-21/h1-4,6-9,21H,5,10-12H2. The molecule has 0 aliphatic heterocycles. The molecule has 5 heteroatoms. The van der Waals surface area contributed by atoms with Gasteiger partial charge in [0, 0.05) is 13.2 Å². The molecular weight excluding hydrogens is 300 g/mol. The Hall–Kier alpha value is -2.04. The molecule has 22 heavy (non-hydrogen) atoms. The van der Waals surface area contributed by atoms with Crippen molar-refractivity contribution in [2.45, 2.75) is 19.6 Å². The van der Waals surface area contributed by atoms with Crippen molar-refractivity contribution >= 4 is 22.6 Å². The van der Waals surface area contributed by atoms with E-state index in [-0.39, 0.29) is 6.61 Å². The summed E-state index contributed by atoms with van der Waals surface area (Å²) in [5.74, 6) is 1.47. The molecule has 0 spiro atoms. The highest BCUT2D eigenvalue weighted by Gasteiger charge is 2.11. The quantitative estimate of drug-likeness (QED) is 0.755. The minimum absolute atomic E-state index is 0.150. The smallest absolute Gasteiger partial charge is 0.148 e. The number of benzene rings is 2. The first-order valence-corrected chi connectivity index (χ1v) is 7.59. The van der Waals surface area contributed by atoms with Crippen molar-refractivity contribution in [3.63, 3.8) is 0 Å². The highest BCUT2D eigenvalue weighted by atomic mass is 35.5. The van der Waals surface area contributed by atoms with Crippen molar-refractivity contribution in [3.05, 3.63) is 59.4 Å². The van der Waals surface area contributed by atoms with Gasteiger partial charge in [-0.05, 0) is 30.7 Å². The number of aryl methyl sites for hydroxylation is 1. The largest absolute Gasteiger partial charge is 0.484 e. The van der Waals surface area contributed by atoms with Crippen LogP contribution >= 0.6 is 11.6 Å². The Morgan fingerprint density at radius 3 is 2.68 bits per heavy atom. The Balaban J connectivity index is 1.87. The van der Waals surface area contributed by atoms with E-state index in [4.69, 9.17) is 21.4 Å². The van der Waals surface area contributed by atoms with Crippen LogP contribution in [0, 0.1) is 0 Å². The molecule has 0 amide bonds. The molecule has 0 aliphatic carbocycles. The predicted octanol–water partition coefficient (Wildman–Crippen LogP) is 3.65. The lowest BCUT2D eigenvalue weighted by atomic mass is 10.3. The van der Waals surface area contributed by atoms with Gasteiger partial charge in [0.25, 0.3) is 0 Å². The summed E-state index contributed by atoms with van der Waals surface area (Å²) in [6.07, 6.45) is 0.680. The summed E-state index contributed by atoms with van der Waals surface area (Å²) in [6.45, 7) is 1.19. The molecule has 0 bridgehead atoms. The van der Waals surface area contributed by atoms with E-state index in [0.29, 0.717) is 30.3 Å². The lowest BCUT2D eigenvalue weighted by molar-refractivity contribution is 0.269. The van der Waals surface area contributed by atoms with Crippen LogP contribution in [0.5, 0.6) is 5.75 Å². The normalized spacial score (nSPS) is 11.0. The monoisotopic (exact) mass is 316 g/mol. The molecule has 1 aromatic heterocycles. The summed E-state index contributed by atoms with van der Waals surface area (Å²) in [5, 5.41) is 9.67. The van der Waals surface area contributed by atoms with Crippen molar-refractivity contribution in [3.8, 4) is 5.75 Å². The van der Waals surface area contributed by atoms with Crippen LogP contribution in [0.25, 0.3) is 11.0 Å². The van der Waals surface area contributed by atoms with Crippen molar-refractivity contribution in [1.29, 1.82) is 0 Å². The fraction of sp³-hybridized carbons (Fsp3) is 0.235. The molecule has 0 saturated heterocycles. The first-order valence-electron chi connectivity index (χ1n) is 7.22. The molecule has 0 saturated carbocycles. The van der Waals surface area contributed by atoms with E-state index in [9.17, 15) is 0 Å². The van der Waals surface area contributed by atoms with Crippen LogP contribution in [0.1, 0.15) is 12.2 Å². The van der Waals surface area contributed by atoms with Crippen LogP contribution in [0.15, 0.2) is 48.5 Å². The van der Waals surface area contributed by atoms with Gasteiger partial charge in [-0.15, -0.1) is 0 Å². The summed E-state index contributed by atoms with van der Waals surface area (Å²) in [7, 11) is 0. The molecular formula is C17H17ClN2O2. The van der Waals surface area contributed by atoms with E-state index in [1.165, 1.54) is 0 Å². The molecule has 2 aromatic carbocycles. The molecule has 4 nitrogen and oxygen atoms in total. The number of para-hydroxylation sites is 3. The molecule has 114 valence electrons. The third-order valence-electron chi connectivity index (χ3n) is 3.47. The van der Waals surface area contributed by atoms with Gasteiger partial charge in [-0.1, -0.05) is 35.9 Å². The van der Waals surface area contributed by atoms with E-state index >= 15 is 0 Å². The number of fused-ring (bicyclic) bond motifs is 1. The number of aromatic nitrogens is 2. The van der Waals surface area contributed by atoms with Gasteiger partial charge in [-0.25, -0.2) is 4.98 Å². The number of aliphatic hydroxyl groups excluding tert-OH is 1. The fourth-order valence-electron chi connectivity index (χ4n) is 2.42. The molecule has 0 fully saturated rings. The predicted molar refractivity (Wildman–Crippen MR) is 87.2 cm³/mol. The van der Waals surface area contributed by atoms with Gasteiger partial charge in [-0.2, -0.15) is 0 Å². The van der Waals surface area contributed by atoms with Crippen LogP contribution in [0.4, 0.5) is 0 Å². The number of hydrogen-bond acceptors (Lipinski definition) is 3. The Bertz CT molecular complexity index is 770. The Kier molecular flexibility index (Phi) is 4.61. The lowest BCUT2D eigenvalue weighted by Crippen LogP contribution is -2.08. The third-order valence-corrected chi connectivity index (χ3v) is 3.78. The second kappa shape index (κ2) is 6.81. The van der Waals surface area contributed by atoms with Crippen molar-refractivity contribution in [2.24, 2.45) is 0 Å². The van der Waals surface area contributed by atoms with E-state index in [1.54, 1.807) is 6.07 Å². The van der Waals surface area contributed by atoms with Gasteiger partial charge >= 0.3 is 0 Å². The zero-order chi connectivity index (χ0) is 15.4.